The van der Waals surface area contributed by atoms with Gasteiger partial charge in [-0.15, -0.1) is 0 Å². The number of rotatable bonds is 6. The molecule has 0 unspecified atom stereocenters. The number of H-pyrrole nitrogens is 1. The third-order valence-electron chi connectivity index (χ3n) is 6.69. The second kappa shape index (κ2) is 10.5. The van der Waals surface area contributed by atoms with Gasteiger partial charge < -0.3 is 14.7 Å². The van der Waals surface area contributed by atoms with Gasteiger partial charge in [0, 0.05) is 54.2 Å². The molecule has 5 rings (SSSR count). The quantitative estimate of drug-likeness (QED) is 0.326. The number of hydrogen-bond donors (Lipinski definition) is 2. The molecule has 1 saturated heterocycles. The van der Waals surface area contributed by atoms with Crippen LogP contribution in [0.2, 0.25) is 10.0 Å². The van der Waals surface area contributed by atoms with Crippen LogP contribution in [0.25, 0.3) is 22.2 Å². The molecule has 1 aliphatic rings. The summed E-state index contributed by atoms with van der Waals surface area (Å²) in [5.74, 6) is 0.915. The molecule has 7 nitrogen and oxygen atoms in total. The average Bonchev–Trinajstić information content (AvgIpc) is 3.31. The van der Waals surface area contributed by atoms with Gasteiger partial charge in [0.2, 0.25) is 0 Å². The van der Waals surface area contributed by atoms with Crippen molar-refractivity contribution in [2.75, 3.05) is 19.7 Å². The molecule has 2 N–H and O–H groups in total. The Balaban J connectivity index is 1.40. The summed E-state index contributed by atoms with van der Waals surface area (Å²) in [7, 11) is 0. The van der Waals surface area contributed by atoms with Crippen molar-refractivity contribution in [3.8, 4) is 17.0 Å². The van der Waals surface area contributed by atoms with E-state index in [1.54, 1.807) is 12.4 Å². The highest BCUT2D eigenvalue weighted by molar-refractivity contribution is 6.35. The molecule has 9 heteroatoms. The second-order valence-corrected chi connectivity index (χ2v) is 9.87. The fraction of sp³-hybridized carbons (Fsp3) is 0.296. The highest BCUT2D eigenvalue weighted by Gasteiger charge is 2.24. The van der Waals surface area contributed by atoms with Crippen LogP contribution in [0.3, 0.4) is 0 Å². The molecule has 1 atom stereocenters. The zero-order valence-corrected chi connectivity index (χ0v) is 21.3. The Hall–Kier alpha value is -3.13. The van der Waals surface area contributed by atoms with Crippen molar-refractivity contribution in [2.24, 2.45) is 5.92 Å². The average molecular weight is 525 g/mol. The number of aromatic amines is 1. The first-order valence-corrected chi connectivity index (χ1v) is 12.6. The number of hydrogen-bond acceptors (Lipinski definition) is 5. The lowest BCUT2D eigenvalue weighted by atomic mass is 9.97. The lowest BCUT2D eigenvalue weighted by Gasteiger charge is -2.31. The molecule has 0 radical (unpaired) electrons. The predicted octanol–water partition coefficient (Wildman–Crippen LogP) is 5.92. The van der Waals surface area contributed by atoms with Gasteiger partial charge in [-0.25, -0.2) is 0 Å². The first-order chi connectivity index (χ1) is 17.4. The van der Waals surface area contributed by atoms with Crippen LogP contribution >= 0.6 is 23.2 Å². The van der Waals surface area contributed by atoms with E-state index in [2.05, 4.69) is 15.2 Å². The van der Waals surface area contributed by atoms with Crippen molar-refractivity contribution in [3.63, 3.8) is 0 Å². The highest BCUT2D eigenvalue weighted by Crippen LogP contribution is 2.35. The van der Waals surface area contributed by atoms with Crippen LogP contribution in [-0.2, 0) is 0 Å². The molecule has 1 aliphatic heterocycles. The Morgan fingerprint density at radius 1 is 1.17 bits per heavy atom. The smallest absolute Gasteiger partial charge is 0.253 e. The van der Waals surface area contributed by atoms with Crippen molar-refractivity contribution in [3.05, 3.63) is 76.0 Å². The number of likely N-dealkylation sites (tertiary alicyclic amines) is 1. The second-order valence-electron chi connectivity index (χ2n) is 9.06. The van der Waals surface area contributed by atoms with Crippen LogP contribution in [0.15, 0.2) is 54.9 Å². The van der Waals surface area contributed by atoms with Gasteiger partial charge in [-0.1, -0.05) is 35.3 Å². The van der Waals surface area contributed by atoms with Gasteiger partial charge in [-0.3, -0.25) is 14.9 Å². The number of aromatic nitrogens is 3. The van der Waals surface area contributed by atoms with Gasteiger partial charge in [0.15, 0.2) is 0 Å². The number of halogens is 2. The van der Waals surface area contributed by atoms with Crippen molar-refractivity contribution in [1.29, 1.82) is 0 Å². The molecule has 0 spiro atoms. The Labute approximate surface area is 219 Å². The number of aliphatic hydroxyl groups is 1. The van der Waals surface area contributed by atoms with Gasteiger partial charge in [0.05, 0.1) is 15.6 Å². The molecular weight excluding hydrogens is 499 g/mol. The Morgan fingerprint density at radius 2 is 1.92 bits per heavy atom. The zero-order chi connectivity index (χ0) is 25.2. The molecule has 0 bridgehead atoms. The van der Waals surface area contributed by atoms with Gasteiger partial charge in [-0.05, 0) is 56.0 Å². The van der Waals surface area contributed by atoms with Crippen LogP contribution in [0.4, 0.5) is 0 Å². The Morgan fingerprint density at radius 3 is 2.64 bits per heavy atom. The number of carbonyl (C=O) groups excluding carboxylic acids is 1. The van der Waals surface area contributed by atoms with Gasteiger partial charge in [0.25, 0.3) is 5.91 Å². The first-order valence-electron chi connectivity index (χ1n) is 11.9. The Bertz CT molecular complexity index is 1380. The van der Waals surface area contributed by atoms with E-state index < -0.39 is 6.10 Å². The number of amides is 1. The zero-order valence-electron chi connectivity index (χ0n) is 19.7. The van der Waals surface area contributed by atoms with E-state index in [0.717, 1.165) is 35.0 Å². The third-order valence-corrected chi connectivity index (χ3v) is 7.29. The topological polar surface area (TPSA) is 91.3 Å². The lowest BCUT2D eigenvalue weighted by molar-refractivity contribution is 0.0651. The number of fused-ring (bicyclic) bond motifs is 1. The summed E-state index contributed by atoms with van der Waals surface area (Å²) < 4.78 is 6.17. The molecule has 1 fully saturated rings. The number of ether oxygens (including phenoxy) is 1. The number of benzene rings is 2. The summed E-state index contributed by atoms with van der Waals surface area (Å²) in [5.41, 5.74) is 3.72. The molecule has 0 aliphatic carbocycles. The highest BCUT2D eigenvalue weighted by atomic mass is 35.5. The minimum absolute atomic E-state index is 0.00274. The number of pyridine rings is 1. The van der Waals surface area contributed by atoms with E-state index in [-0.39, 0.29) is 18.4 Å². The summed E-state index contributed by atoms with van der Waals surface area (Å²) in [4.78, 5) is 19.0. The van der Waals surface area contributed by atoms with E-state index in [9.17, 15) is 9.90 Å². The van der Waals surface area contributed by atoms with Crippen LogP contribution in [0.1, 0.15) is 41.8 Å². The third kappa shape index (κ3) is 4.91. The fourth-order valence-corrected chi connectivity index (χ4v) is 5.33. The molecule has 3 heterocycles. The number of nitrogens with one attached hydrogen (secondary N) is 1. The van der Waals surface area contributed by atoms with Gasteiger partial charge >= 0.3 is 0 Å². The standard InChI is InChI=1S/C27H26Cl2N4O3/c1-16(25-22(28)13-30-14-23(25)29)36-20-5-6-24-21(12-20)26(32-31-24)18-3-2-4-19(11-18)27(35)33-9-7-17(15-34)8-10-33/h2-6,11-14,16-17,34H,7-10,15H2,1H3,(H,31,32)/t16-/m1/s1. The number of nitrogens with zero attached hydrogens (tertiary/aromatic N) is 3. The molecule has 1 amide bonds. The predicted molar refractivity (Wildman–Crippen MR) is 141 cm³/mol. The number of aliphatic hydroxyl groups excluding tert-OH is 1. The van der Waals surface area contributed by atoms with E-state index in [0.29, 0.717) is 40.0 Å². The van der Waals surface area contributed by atoms with Crippen LogP contribution < -0.4 is 4.74 Å². The maximum atomic E-state index is 13.1. The molecule has 36 heavy (non-hydrogen) atoms. The van der Waals surface area contributed by atoms with Crippen molar-refractivity contribution >= 4 is 40.0 Å². The van der Waals surface area contributed by atoms with E-state index in [1.165, 1.54) is 0 Å². The number of piperidine rings is 1. The molecule has 0 saturated carbocycles. The van der Waals surface area contributed by atoms with E-state index >= 15 is 0 Å². The molecule has 2 aromatic heterocycles. The van der Waals surface area contributed by atoms with Gasteiger partial charge in [-0.2, -0.15) is 5.10 Å². The fourth-order valence-electron chi connectivity index (χ4n) is 4.66. The summed E-state index contributed by atoms with van der Waals surface area (Å²) in [5, 5.41) is 18.7. The van der Waals surface area contributed by atoms with Gasteiger partial charge in [0.1, 0.15) is 17.5 Å². The lowest BCUT2D eigenvalue weighted by Crippen LogP contribution is -2.39. The van der Waals surface area contributed by atoms with Crippen LogP contribution in [-0.4, -0.2) is 50.8 Å². The maximum absolute atomic E-state index is 13.1. The minimum Gasteiger partial charge on any atom is -0.486 e. The molecule has 186 valence electrons. The minimum atomic E-state index is -0.392. The molecule has 4 aromatic rings. The summed E-state index contributed by atoms with van der Waals surface area (Å²) in [6, 6.07) is 13.2. The normalized spacial score (nSPS) is 15.3. The van der Waals surface area contributed by atoms with Crippen molar-refractivity contribution < 1.29 is 14.6 Å². The molecular formula is C27H26Cl2N4O3. The largest absolute Gasteiger partial charge is 0.486 e. The SMILES string of the molecule is C[C@@H](Oc1ccc2[nH]nc(-c3cccc(C(=O)N4CCC(CO)CC4)c3)c2c1)c1c(Cl)cncc1Cl. The maximum Gasteiger partial charge on any atom is 0.253 e. The van der Waals surface area contributed by atoms with Crippen molar-refractivity contribution in [2.45, 2.75) is 25.9 Å². The first kappa shape index (κ1) is 24.6. The van der Waals surface area contributed by atoms with E-state index in [4.69, 9.17) is 27.9 Å². The number of carbonyl (C=O) groups is 1. The Kier molecular flexibility index (Phi) is 7.14. The summed E-state index contributed by atoms with van der Waals surface area (Å²) in [6.45, 7) is 3.37. The van der Waals surface area contributed by atoms with Crippen molar-refractivity contribution in [1.82, 2.24) is 20.1 Å². The monoisotopic (exact) mass is 524 g/mol. The van der Waals surface area contributed by atoms with Crippen LogP contribution in [0, 0.1) is 5.92 Å². The summed E-state index contributed by atoms with van der Waals surface area (Å²) in [6.07, 6.45) is 4.34. The van der Waals surface area contributed by atoms with E-state index in [1.807, 2.05) is 54.3 Å². The molecule has 2 aromatic carbocycles. The van der Waals surface area contributed by atoms with Crippen LogP contribution in [0.5, 0.6) is 5.75 Å². The summed E-state index contributed by atoms with van der Waals surface area (Å²) >= 11 is 12.6.